The molecule has 2 rings (SSSR count). The van der Waals surface area contributed by atoms with Gasteiger partial charge in [-0.15, -0.1) is 11.6 Å². The van der Waals surface area contributed by atoms with Gasteiger partial charge in [-0.2, -0.15) is 0 Å². The number of alkyl halides is 1. The van der Waals surface area contributed by atoms with E-state index in [1.807, 2.05) is 7.05 Å². The van der Waals surface area contributed by atoms with Gasteiger partial charge in [-0.05, 0) is 43.0 Å². The minimum atomic E-state index is 0.294. The van der Waals surface area contributed by atoms with Crippen molar-refractivity contribution in [2.75, 3.05) is 12.9 Å². The van der Waals surface area contributed by atoms with E-state index in [2.05, 4.69) is 23.5 Å². The van der Waals surface area contributed by atoms with Crippen molar-refractivity contribution in [3.05, 3.63) is 34.9 Å². The highest BCUT2D eigenvalue weighted by atomic mass is 35.5. The van der Waals surface area contributed by atoms with E-state index in [4.69, 9.17) is 11.6 Å². The Morgan fingerprint density at radius 2 is 2.14 bits per heavy atom. The third-order valence-electron chi connectivity index (χ3n) is 3.03. The quantitative estimate of drug-likeness (QED) is 0.755. The molecular formula is C12H16ClN. The molecule has 0 aromatic heterocycles. The molecule has 2 heteroatoms. The number of fused-ring (bicyclic) bond motifs is 1. The lowest BCUT2D eigenvalue weighted by molar-refractivity contribution is 0.657. The summed E-state index contributed by atoms with van der Waals surface area (Å²) in [4.78, 5) is 0. The van der Waals surface area contributed by atoms with E-state index in [0.29, 0.717) is 11.9 Å². The Balaban J connectivity index is 2.27. The van der Waals surface area contributed by atoms with E-state index in [1.165, 1.54) is 36.0 Å². The number of hydrogen-bond acceptors (Lipinski definition) is 1. The average Bonchev–Trinajstić information content (AvgIpc) is 2.66. The highest BCUT2D eigenvalue weighted by Crippen LogP contribution is 2.25. The van der Waals surface area contributed by atoms with Gasteiger partial charge in [0.15, 0.2) is 0 Å². The Hall–Kier alpha value is -0.530. The third kappa shape index (κ3) is 1.79. The lowest BCUT2D eigenvalue weighted by Crippen LogP contribution is -2.17. The van der Waals surface area contributed by atoms with Gasteiger partial charge in [-0.1, -0.05) is 18.2 Å². The summed E-state index contributed by atoms with van der Waals surface area (Å²) in [6, 6.07) is 7.07. The fraction of sp³-hybridized carbons (Fsp3) is 0.500. The molecule has 1 nitrogen and oxygen atoms in total. The van der Waals surface area contributed by atoms with Crippen LogP contribution < -0.4 is 5.32 Å². The molecule has 0 amide bonds. The molecule has 0 saturated carbocycles. The van der Waals surface area contributed by atoms with Crippen LogP contribution in [0.5, 0.6) is 0 Å². The van der Waals surface area contributed by atoms with E-state index in [-0.39, 0.29) is 0 Å². The van der Waals surface area contributed by atoms with Gasteiger partial charge in [0.25, 0.3) is 0 Å². The van der Waals surface area contributed by atoms with Crippen molar-refractivity contribution in [2.45, 2.75) is 25.3 Å². The van der Waals surface area contributed by atoms with Crippen molar-refractivity contribution in [1.29, 1.82) is 0 Å². The summed E-state index contributed by atoms with van der Waals surface area (Å²) in [6.45, 7) is 0. The molecular weight excluding hydrogens is 194 g/mol. The molecule has 0 aliphatic heterocycles. The standard InChI is InChI=1S/C12H16ClN/c1-14-12(8-13)11-6-5-9-3-2-4-10(9)7-11/h5-7,12,14H,2-4,8H2,1H3. The van der Waals surface area contributed by atoms with Gasteiger partial charge >= 0.3 is 0 Å². The second-order valence-corrected chi connectivity index (χ2v) is 4.19. The molecule has 0 fully saturated rings. The molecule has 76 valence electrons. The number of rotatable bonds is 3. The summed E-state index contributed by atoms with van der Waals surface area (Å²) >= 11 is 5.89. The summed E-state index contributed by atoms with van der Waals surface area (Å²) in [5, 5.41) is 3.23. The second kappa shape index (κ2) is 4.33. The van der Waals surface area contributed by atoms with Gasteiger partial charge < -0.3 is 5.32 Å². The van der Waals surface area contributed by atoms with Crippen LogP contribution in [-0.4, -0.2) is 12.9 Å². The van der Waals surface area contributed by atoms with Gasteiger partial charge in [-0.3, -0.25) is 0 Å². The summed E-state index contributed by atoms with van der Waals surface area (Å²) < 4.78 is 0. The zero-order valence-electron chi connectivity index (χ0n) is 8.52. The van der Waals surface area contributed by atoms with Crippen LogP contribution >= 0.6 is 11.6 Å². The van der Waals surface area contributed by atoms with Crippen LogP contribution in [0, 0.1) is 0 Å². The predicted octanol–water partition coefficient (Wildman–Crippen LogP) is 2.67. The van der Waals surface area contributed by atoms with E-state index in [1.54, 1.807) is 0 Å². The van der Waals surface area contributed by atoms with E-state index in [9.17, 15) is 0 Å². The van der Waals surface area contributed by atoms with E-state index < -0.39 is 0 Å². The maximum atomic E-state index is 5.89. The van der Waals surface area contributed by atoms with Gasteiger partial charge in [0.05, 0.1) is 0 Å². The molecule has 0 saturated heterocycles. The molecule has 1 aliphatic rings. The van der Waals surface area contributed by atoms with Crippen molar-refractivity contribution in [1.82, 2.24) is 5.32 Å². The van der Waals surface area contributed by atoms with Crippen LogP contribution in [0.15, 0.2) is 18.2 Å². The van der Waals surface area contributed by atoms with Crippen LogP contribution in [-0.2, 0) is 12.8 Å². The molecule has 0 radical (unpaired) electrons. The largest absolute Gasteiger partial charge is 0.312 e. The summed E-state index contributed by atoms with van der Waals surface area (Å²) in [5.74, 6) is 0.634. The first-order valence-electron chi connectivity index (χ1n) is 5.20. The van der Waals surface area contributed by atoms with Crippen molar-refractivity contribution < 1.29 is 0 Å². The fourth-order valence-electron chi connectivity index (χ4n) is 2.14. The first-order chi connectivity index (χ1) is 6.85. The van der Waals surface area contributed by atoms with E-state index in [0.717, 1.165) is 0 Å². The Bertz CT molecular complexity index is 318. The lowest BCUT2D eigenvalue weighted by Gasteiger charge is -2.14. The fourth-order valence-corrected chi connectivity index (χ4v) is 2.47. The number of hydrogen-bond donors (Lipinski definition) is 1. The topological polar surface area (TPSA) is 12.0 Å². The molecule has 1 N–H and O–H groups in total. The zero-order chi connectivity index (χ0) is 9.97. The molecule has 1 aromatic rings. The molecule has 0 bridgehead atoms. The summed E-state index contributed by atoms with van der Waals surface area (Å²) in [5.41, 5.74) is 4.37. The van der Waals surface area contributed by atoms with Crippen molar-refractivity contribution in [2.24, 2.45) is 0 Å². The first-order valence-corrected chi connectivity index (χ1v) is 5.73. The molecule has 0 spiro atoms. The Morgan fingerprint density at radius 3 is 2.86 bits per heavy atom. The van der Waals surface area contributed by atoms with Crippen LogP contribution in [0.1, 0.15) is 29.2 Å². The highest BCUT2D eigenvalue weighted by molar-refractivity contribution is 6.18. The number of benzene rings is 1. The second-order valence-electron chi connectivity index (χ2n) is 3.88. The zero-order valence-corrected chi connectivity index (χ0v) is 9.27. The molecule has 1 aromatic carbocycles. The predicted molar refractivity (Wildman–Crippen MR) is 61.0 cm³/mol. The minimum Gasteiger partial charge on any atom is -0.312 e. The van der Waals surface area contributed by atoms with Crippen molar-refractivity contribution in [3.8, 4) is 0 Å². The summed E-state index contributed by atoms with van der Waals surface area (Å²) in [6.07, 6.45) is 3.80. The summed E-state index contributed by atoms with van der Waals surface area (Å²) in [7, 11) is 1.96. The molecule has 0 heterocycles. The minimum absolute atomic E-state index is 0.294. The van der Waals surface area contributed by atoms with Gasteiger partial charge in [0, 0.05) is 11.9 Å². The van der Waals surface area contributed by atoms with Gasteiger partial charge in [-0.25, -0.2) is 0 Å². The monoisotopic (exact) mass is 209 g/mol. The third-order valence-corrected chi connectivity index (χ3v) is 3.34. The maximum absolute atomic E-state index is 5.89. The Kier molecular flexibility index (Phi) is 3.09. The Labute approximate surface area is 90.5 Å². The first kappa shape index (κ1) is 10.0. The lowest BCUT2D eigenvalue weighted by atomic mass is 10.0. The molecule has 14 heavy (non-hydrogen) atoms. The van der Waals surface area contributed by atoms with Crippen LogP contribution in [0.4, 0.5) is 0 Å². The van der Waals surface area contributed by atoms with Crippen molar-refractivity contribution >= 4 is 11.6 Å². The number of nitrogens with one attached hydrogen (secondary N) is 1. The van der Waals surface area contributed by atoms with Crippen LogP contribution in [0.2, 0.25) is 0 Å². The van der Waals surface area contributed by atoms with Crippen LogP contribution in [0.25, 0.3) is 0 Å². The molecule has 1 aliphatic carbocycles. The molecule has 1 unspecified atom stereocenters. The Morgan fingerprint density at radius 1 is 1.36 bits per heavy atom. The number of halogens is 1. The van der Waals surface area contributed by atoms with Gasteiger partial charge in [0.1, 0.15) is 0 Å². The smallest absolute Gasteiger partial charge is 0.0455 e. The van der Waals surface area contributed by atoms with Crippen LogP contribution in [0.3, 0.4) is 0 Å². The van der Waals surface area contributed by atoms with E-state index >= 15 is 0 Å². The van der Waals surface area contributed by atoms with Crippen molar-refractivity contribution in [3.63, 3.8) is 0 Å². The number of aryl methyl sites for hydroxylation is 2. The normalized spacial score (nSPS) is 16.7. The highest BCUT2D eigenvalue weighted by Gasteiger charge is 2.14. The molecule has 1 atom stereocenters. The average molecular weight is 210 g/mol. The SMILES string of the molecule is CNC(CCl)c1ccc2c(c1)CCC2. The van der Waals surface area contributed by atoms with Gasteiger partial charge in [0.2, 0.25) is 0 Å². The maximum Gasteiger partial charge on any atom is 0.0455 e.